The van der Waals surface area contributed by atoms with Gasteiger partial charge in [0.25, 0.3) is 5.91 Å². The van der Waals surface area contributed by atoms with E-state index in [1.807, 2.05) is 0 Å². The summed E-state index contributed by atoms with van der Waals surface area (Å²) >= 11 is 17.9. The predicted octanol–water partition coefficient (Wildman–Crippen LogP) is 4.84. The minimum absolute atomic E-state index is 0.175. The summed E-state index contributed by atoms with van der Waals surface area (Å²) in [6, 6.07) is 9.42. The van der Waals surface area contributed by atoms with Crippen LogP contribution in [-0.4, -0.2) is 25.1 Å². The first kappa shape index (κ1) is 19.4. The van der Waals surface area contributed by atoms with Crippen LogP contribution in [-0.2, 0) is 9.53 Å². The average Bonchev–Trinajstić information content (AvgIpc) is 2.57. The second-order valence-corrected chi connectivity index (χ2v) is 6.23. The Labute approximate surface area is 159 Å². The molecule has 2 aromatic rings. The monoisotopic (exact) mass is 401 g/mol. The summed E-state index contributed by atoms with van der Waals surface area (Å²) in [6.45, 7) is 1.43. The molecular formula is C17H14Cl3NO4. The third-order valence-corrected chi connectivity index (χ3v) is 4.05. The van der Waals surface area contributed by atoms with Crippen LogP contribution in [0.3, 0.4) is 0 Å². The number of hydrogen-bond donors (Lipinski definition) is 1. The lowest BCUT2D eigenvalue weighted by Crippen LogP contribution is -2.30. The Bertz CT molecular complexity index is 787. The molecule has 0 saturated heterocycles. The largest absolute Gasteiger partial charge is 0.496 e. The molecule has 5 nitrogen and oxygen atoms in total. The van der Waals surface area contributed by atoms with E-state index in [4.69, 9.17) is 44.3 Å². The number of carbonyl (C=O) groups is 2. The highest BCUT2D eigenvalue weighted by Crippen LogP contribution is 2.33. The van der Waals surface area contributed by atoms with Gasteiger partial charge in [0.1, 0.15) is 11.3 Å². The van der Waals surface area contributed by atoms with Crippen molar-refractivity contribution >= 4 is 52.4 Å². The van der Waals surface area contributed by atoms with Crippen LogP contribution in [0.1, 0.15) is 17.3 Å². The van der Waals surface area contributed by atoms with E-state index in [9.17, 15) is 9.59 Å². The Morgan fingerprint density at radius 1 is 1.08 bits per heavy atom. The molecule has 132 valence electrons. The van der Waals surface area contributed by atoms with Crippen molar-refractivity contribution in [3.05, 3.63) is 57.0 Å². The summed E-state index contributed by atoms with van der Waals surface area (Å²) in [7, 11) is 1.44. The standard InChI is InChI=1S/C17H14Cl3NO4/c1-9(25-17(23)11-5-3-4-6-14(11)24-2)16(22)21-15-12(19)7-10(18)8-13(15)20/h3-9H,1-2H3,(H,21,22)/t9-/m0/s1. The van der Waals surface area contributed by atoms with Gasteiger partial charge >= 0.3 is 5.97 Å². The van der Waals surface area contributed by atoms with Crippen LogP contribution in [0, 0.1) is 0 Å². The summed E-state index contributed by atoms with van der Waals surface area (Å²) in [5, 5.41) is 3.21. The van der Waals surface area contributed by atoms with E-state index in [1.54, 1.807) is 24.3 Å². The van der Waals surface area contributed by atoms with Crippen molar-refractivity contribution in [2.75, 3.05) is 12.4 Å². The highest BCUT2D eigenvalue weighted by molar-refractivity contribution is 6.42. The Morgan fingerprint density at radius 2 is 1.68 bits per heavy atom. The molecule has 0 aliphatic rings. The zero-order valence-electron chi connectivity index (χ0n) is 13.3. The smallest absolute Gasteiger partial charge is 0.342 e. The van der Waals surface area contributed by atoms with E-state index in [0.29, 0.717) is 10.8 Å². The maximum absolute atomic E-state index is 12.3. The van der Waals surface area contributed by atoms with Crippen LogP contribution in [0.4, 0.5) is 5.69 Å². The van der Waals surface area contributed by atoms with Crippen molar-refractivity contribution in [3.8, 4) is 5.75 Å². The molecule has 0 radical (unpaired) electrons. The first-order valence-electron chi connectivity index (χ1n) is 7.13. The van der Waals surface area contributed by atoms with E-state index >= 15 is 0 Å². The van der Waals surface area contributed by atoms with Crippen molar-refractivity contribution in [3.63, 3.8) is 0 Å². The zero-order valence-corrected chi connectivity index (χ0v) is 15.6. The van der Waals surface area contributed by atoms with Gasteiger partial charge in [-0.05, 0) is 31.2 Å². The third-order valence-electron chi connectivity index (χ3n) is 3.24. The number of esters is 1. The number of methoxy groups -OCH3 is 1. The molecule has 1 amide bonds. The van der Waals surface area contributed by atoms with Crippen molar-refractivity contribution in [1.29, 1.82) is 0 Å². The highest BCUT2D eigenvalue weighted by atomic mass is 35.5. The summed E-state index contributed by atoms with van der Waals surface area (Å²) in [5.41, 5.74) is 0.408. The minimum atomic E-state index is -1.08. The topological polar surface area (TPSA) is 64.6 Å². The number of carbonyl (C=O) groups excluding carboxylic acids is 2. The molecule has 0 heterocycles. The van der Waals surface area contributed by atoms with Gasteiger partial charge in [0.15, 0.2) is 6.10 Å². The van der Waals surface area contributed by atoms with Gasteiger partial charge in [0.2, 0.25) is 0 Å². The normalized spacial score (nSPS) is 11.6. The SMILES string of the molecule is COc1ccccc1C(=O)O[C@@H](C)C(=O)Nc1c(Cl)cc(Cl)cc1Cl. The number of halogens is 3. The van der Waals surface area contributed by atoms with Crippen molar-refractivity contribution in [2.24, 2.45) is 0 Å². The molecule has 0 bridgehead atoms. The molecule has 2 rings (SSSR count). The molecule has 0 spiro atoms. The van der Waals surface area contributed by atoms with Crippen molar-refractivity contribution in [1.82, 2.24) is 0 Å². The molecule has 0 fully saturated rings. The molecule has 2 aromatic carbocycles. The lowest BCUT2D eigenvalue weighted by atomic mass is 10.2. The number of anilines is 1. The molecule has 1 N–H and O–H groups in total. The Hall–Kier alpha value is -1.95. The van der Waals surface area contributed by atoms with Crippen LogP contribution in [0.2, 0.25) is 15.1 Å². The molecule has 0 aliphatic heterocycles. The molecule has 0 saturated carbocycles. The molecule has 25 heavy (non-hydrogen) atoms. The predicted molar refractivity (Wildman–Crippen MR) is 98.0 cm³/mol. The fourth-order valence-electron chi connectivity index (χ4n) is 1.98. The number of nitrogens with one attached hydrogen (secondary N) is 1. The van der Waals surface area contributed by atoms with Gasteiger partial charge in [-0.1, -0.05) is 46.9 Å². The van der Waals surface area contributed by atoms with Gasteiger partial charge < -0.3 is 14.8 Å². The van der Waals surface area contributed by atoms with Crippen molar-refractivity contribution in [2.45, 2.75) is 13.0 Å². The van der Waals surface area contributed by atoms with E-state index in [2.05, 4.69) is 5.32 Å². The molecular weight excluding hydrogens is 389 g/mol. The van der Waals surface area contributed by atoms with Gasteiger partial charge in [0, 0.05) is 5.02 Å². The van der Waals surface area contributed by atoms with Crippen molar-refractivity contribution < 1.29 is 19.1 Å². The maximum atomic E-state index is 12.3. The summed E-state index contributed by atoms with van der Waals surface area (Å²) in [4.78, 5) is 24.5. The zero-order chi connectivity index (χ0) is 18.6. The summed E-state index contributed by atoms with van der Waals surface area (Å²) in [6.07, 6.45) is -1.08. The van der Waals surface area contributed by atoms with Gasteiger partial charge in [-0.3, -0.25) is 4.79 Å². The molecule has 0 aromatic heterocycles. The maximum Gasteiger partial charge on any atom is 0.342 e. The highest BCUT2D eigenvalue weighted by Gasteiger charge is 2.22. The number of ether oxygens (including phenoxy) is 2. The first-order chi connectivity index (χ1) is 11.8. The van der Waals surface area contributed by atoms with Gasteiger partial charge in [-0.2, -0.15) is 0 Å². The molecule has 1 atom stereocenters. The van der Waals surface area contributed by atoms with Crippen LogP contribution in [0.15, 0.2) is 36.4 Å². The van der Waals surface area contributed by atoms with Gasteiger partial charge in [-0.15, -0.1) is 0 Å². The quantitative estimate of drug-likeness (QED) is 0.727. The van der Waals surface area contributed by atoms with E-state index in [-0.39, 0.29) is 21.3 Å². The number of hydrogen-bond acceptors (Lipinski definition) is 4. The fraction of sp³-hybridized carbons (Fsp3) is 0.176. The van der Waals surface area contributed by atoms with Gasteiger partial charge in [-0.25, -0.2) is 4.79 Å². The first-order valence-corrected chi connectivity index (χ1v) is 8.26. The second kappa shape index (κ2) is 8.43. The Balaban J connectivity index is 2.09. The van der Waals surface area contributed by atoms with Gasteiger partial charge in [0.05, 0.1) is 22.8 Å². The summed E-state index contributed by atoms with van der Waals surface area (Å²) < 4.78 is 10.3. The van der Waals surface area contributed by atoms with E-state index in [1.165, 1.54) is 26.2 Å². The number of rotatable bonds is 5. The number of amides is 1. The fourth-order valence-corrected chi connectivity index (χ4v) is 2.89. The molecule has 8 heteroatoms. The van der Waals surface area contributed by atoms with E-state index in [0.717, 1.165) is 0 Å². The Kier molecular flexibility index (Phi) is 6.53. The van der Waals surface area contributed by atoms with Crippen LogP contribution in [0.25, 0.3) is 0 Å². The van der Waals surface area contributed by atoms with Crippen LogP contribution in [0.5, 0.6) is 5.75 Å². The number of para-hydroxylation sites is 1. The average molecular weight is 403 g/mol. The summed E-state index contributed by atoms with van der Waals surface area (Å²) in [5.74, 6) is -0.924. The molecule has 0 aliphatic carbocycles. The van der Waals surface area contributed by atoms with Crippen LogP contribution < -0.4 is 10.1 Å². The minimum Gasteiger partial charge on any atom is -0.496 e. The second-order valence-electron chi connectivity index (χ2n) is 4.98. The lowest BCUT2D eigenvalue weighted by Gasteiger charge is -2.16. The molecule has 0 unspecified atom stereocenters. The van der Waals surface area contributed by atoms with Crippen LogP contribution >= 0.6 is 34.8 Å². The van der Waals surface area contributed by atoms with E-state index < -0.39 is 18.0 Å². The Morgan fingerprint density at radius 3 is 2.28 bits per heavy atom. The third kappa shape index (κ3) is 4.78. The number of benzene rings is 2. The lowest BCUT2D eigenvalue weighted by molar-refractivity contribution is -0.123.